The summed E-state index contributed by atoms with van der Waals surface area (Å²) in [4.78, 5) is 4.85. The molecule has 0 aliphatic carbocycles. The van der Waals surface area contributed by atoms with Gasteiger partial charge in [0.25, 0.3) is 0 Å². The largest absolute Gasteiger partial charge is 0.405 e. The van der Waals surface area contributed by atoms with Crippen LogP contribution in [0.25, 0.3) is 0 Å². The Morgan fingerprint density at radius 3 is 2.31 bits per heavy atom. The molecular weight excluding hydrogens is 198 g/mol. The van der Waals surface area contributed by atoms with Crippen LogP contribution in [0.2, 0.25) is 0 Å². The molecule has 1 aliphatic rings. The molecule has 0 aromatic carbocycles. The first-order chi connectivity index (χ1) is 7.69. The van der Waals surface area contributed by atoms with Crippen LogP contribution in [-0.2, 0) is 0 Å². The number of piperazine rings is 1. The molecule has 16 heavy (non-hydrogen) atoms. The molecule has 0 bridgehead atoms. The molecule has 90 valence electrons. The maximum Gasteiger partial charge on any atom is 0.0381 e. The topological polar surface area (TPSA) is 32.5 Å². The Kier molecular flexibility index (Phi) is 5.12. The van der Waals surface area contributed by atoms with Gasteiger partial charge in [0.2, 0.25) is 0 Å². The molecule has 1 aliphatic heterocycles. The Morgan fingerprint density at radius 2 is 1.88 bits per heavy atom. The van der Waals surface area contributed by atoms with E-state index in [0.29, 0.717) is 6.04 Å². The standard InChI is InChI=1S/C13H23N3/c1-4-5-13(6-7-14)16-10-8-15(9-11-16)12(2)3/h4-7,12H,1,8-11,14H2,2-3H3/b7-6-,13-5+. The third-order valence-electron chi connectivity index (χ3n) is 2.97. The van der Waals surface area contributed by atoms with Crippen LogP contribution in [-0.4, -0.2) is 42.0 Å². The van der Waals surface area contributed by atoms with E-state index in [2.05, 4.69) is 30.2 Å². The molecule has 0 aromatic heterocycles. The van der Waals surface area contributed by atoms with Crippen LogP contribution in [0.4, 0.5) is 0 Å². The summed E-state index contributed by atoms with van der Waals surface area (Å²) < 4.78 is 0. The Hall–Kier alpha value is -1.22. The molecular formula is C13H23N3. The lowest BCUT2D eigenvalue weighted by Crippen LogP contribution is -2.48. The number of rotatable bonds is 4. The van der Waals surface area contributed by atoms with Gasteiger partial charge in [0, 0.05) is 37.9 Å². The van der Waals surface area contributed by atoms with Crippen molar-refractivity contribution < 1.29 is 0 Å². The molecule has 0 atom stereocenters. The molecule has 0 aromatic rings. The van der Waals surface area contributed by atoms with E-state index in [4.69, 9.17) is 5.73 Å². The summed E-state index contributed by atoms with van der Waals surface area (Å²) in [7, 11) is 0. The zero-order valence-electron chi connectivity index (χ0n) is 10.4. The van der Waals surface area contributed by atoms with Gasteiger partial charge in [-0.05, 0) is 32.2 Å². The van der Waals surface area contributed by atoms with Gasteiger partial charge in [-0.1, -0.05) is 12.7 Å². The van der Waals surface area contributed by atoms with Crippen molar-refractivity contribution >= 4 is 0 Å². The van der Waals surface area contributed by atoms with Crippen molar-refractivity contribution in [3.05, 3.63) is 36.7 Å². The number of nitrogens with two attached hydrogens (primary N) is 1. The fourth-order valence-electron chi connectivity index (χ4n) is 1.98. The van der Waals surface area contributed by atoms with Crippen LogP contribution in [0, 0.1) is 0 Å². The minimum absolute atomic E-state index is 0.638. The molecule has 0 radical (unpaired) electrons. The van der Waals surface area contributed by atoms with Crippen LogP contribution in [0.3, 0.4) is 0 Å². The smallest absolute Gasteiger partial charge is 0.0381 e. The van der Waals surface area contributed by atoms with Crippen LogP contribution >= 0.6 is 0 Å². The fourth-order valence-corrected chi connectivity index (χ4v) is 1.98. The van der Waals surface area contributed by atoms with E-state index >= 15 is 0 Å². The third-order valence-corrected chi connectivity index (χ3v) is 2.97. The van der Waals surface area contributed by atoms with E-state index in [0.717, 1.165) is 31.9 Å². The van der Waals surface area contributed by atoms with E-state index in [1.165, 1.54) is 0 Å². The van der Waals surface area contributed by atoms with Crippen molar-refractivity contribution in [2.75, 3.05) is 26.2 Å². The van der Waals surface area contributed by atoms with Crippen molar-refractivity contribution in [3.8, 4) is 0 Å². The van der Waals surface area contributed by atoms with Gasteiger partial charge in [-0.3, -0.25) is 4.90 Å². The zero-order chi connectivity index (χ0) is 12.0. The Bertz CT molecular complexity index is 271. The van der Waals surface area contributed by atoms with Crippen molar-refractivity contribution in [2.24, 2.45) is 5.73 Å². The second-order valence-electron chi connectivity index (χ2n) is 4.30. The van der Waals surface area contributed by atoms with E-state index < -0.39 is 0 Å². The van der Waals surface area contributed by atoms with Gasteiger partial charge in [-0.2, -0.15) is 0 Å². The molecule has 0 spiro atoms. The molecule has 2 N–H and O–H groups in total. The quantitative estimate of drug-likeness (QED) is 0.731. The van der Waals surface area contributed by atoms with Gasteiger partial charge in [-0.15, -0.1) is 0 Å². The normalized spacial score (nSPS) is 19.7. The lowest BCUT2D eigenvalue weighted by Gasteiger charge is -2.38. The number of allylic oxidation sites excluding steroid dienone is 3. The summed E-state index contributed by atoms with van der Waals surface area (Å²) in [5, 5.41) is 0. The molecule has 3 nitrogen and oxygen atoms in total. The Labute approximate surface area is 98.9 Å². The predicted octanol–water partition coefficient (Wildman–Crippen LogP) is 1.55. The first-order valence-electron chi connectivity index (χ1n) is 5.89. The van der Waals surface area contributed by atoms with Crippen LogP contribution in [0.1, 0.15) is 13.8 Å². The van der Waals surface area contributed by atoms with Crippen molar-refractivity contribution in [2.45, 2.75) is 19.9 Å². The summed E-state index contributed by atoms with van der Waals surface area (Å²) in [6.07, 6.45) is 7.34. The molecule has 1 rings (SSSR count). The van der Waals surface area contributed by atoms with Gasteiger partial charge in [0.05, 0.1) is 0 Å². The van der Waals surface area contributed by atoms with Crippen LogP contribution < -0.4 is 5.73 Å². The third kappa shape index (κ3) is 3.42. The van der Waals surface area contributed by atoms with Crippen LogP contribution in [0.5, 0.6) is 0 Å². The molecule has 0 amide bonds. The summed E-state index contributed by atoms with van der Waals surface area (Å²) in [6.45, 7) is 12.6. The fraction of sp³-hybridized carbons (Fsp3) is 0.538. The highest BCUT2D eigenvalue weighted by atomic mass is 15.3. The first kappa shape index (κ1) is 12.8. The SMILES string of the molecule is C=C/C=C(\C=C/N)N1CCN(C(C)C)CC1. The second-order valence-corrected chi connectivity index (χ2v) is 4.30. The molecule has 1 fully saturated rings. The lowest BCUT2D eigenvalue weighted by molar-refractivity contribution is 0.132. The van der Waals surface area contributed by atoms with Gasteiger partial charge in [0.15, 0.2) is 0 Å². The molecule has 1 heterocycles. The minimum atomic E-state index is 0.638. The summed E-state index contributed by atoms with van der Waals surface area (Å²) in [5.41, 5.74) is 6.60. The van der Waals surface area contributed by atoms with E-state index in [1.54, 1.807) is 6.20 Å². The number of nitrogens with zero attached hydrogens (tertiary/aromatic N) is 2. The monoisotopic (exact) mass is 221 g/mol. The zero-order valence-corrected chi connectivity index (χ0v) is 10.4. The van der Waals surface area contributed by atoms with Gasteiger partial charge >= 0.3 is 0 Å². The summed E-state index contributed by atoms with van der Waals surface area (Å²) in [6, 6.07) is 0.638. The highest BCUT2D eigenvalue weighted by molar-refractivity contribution is 5.21. The maximum absolute atomic E-state index is 5.45. The predicted molar refractivity (Wildman–Crippen MR) is 69.9 cm³/mol. The molecule has 0 saturated carbocycles. The second kappa shape index (κ2) is 6.38. The average Bonchev–Trinajstić information content (AvgIpc) is 2.29. The number of hydrogen-bond acceptors (Lipinski definition) is 3. The van der Waals surface area contributed by atoms with E-state index in [9.17, 15) is 0 Å². The number of hydrogen-bond donors (Lipinski definition) is 1. The lowest BCUT2D eigenvalue weighted by atomic mass is 10.2. The molecule has 3 heteroatoms. The van der Waals surface area contributed by atoms with Crippen molar-refractivity contribution in [3.63, 3.8) is 0 Å². The molecule has 0 unspecified atom stereocenters. The summed E-state index contributed by atoms with van der Waals surface area (Å²) >= 11 is 0. The van der Waals surface area contributed by atoms with Gasteiger partial charge < -0.3 is 10.6 Å². The Morgan fingerprint density at radius 1 is 1.25 bits per heavy atom. The van der Waals surface area contributed by atoms with Crippen molar-refractivity contribution in [1.29, 1.82) is 0 Å². The highest BCUT2D eigenvalue weighted by Gasteiger charge is 2.18. The maximum atomic E-state index is 5.45. The average molecular weight is 221 g/mol. The van der Waals surface area contributed by atoms with Gasteiger partial charge in [0.1, 0.15) is 0 Å². The van der Waals surface area contributed by atoms with Crippen LogP contribution in [0.15, 0.2) is 36.7 Å². The molecule has 1 saturated heterocycles. The van der Waals surface area contributed by atoms with E-state index in [-0.39, 0.29) is 0 Å². The first-order valence-corrected chi connectivity index (χ1v) is 5.89. The van der Waals surface area contributed by atoms with Gasteiger partial charge in [-0.25, -0.2) is 0 Å². The Balaban J connectivity index is 2.57. The highest BCUT2D eigenvalue weighted by Crippen LogP contribution is 2.12. The van der Waals surface area contributed by atoms with Crippen molar-refractivity contribution in [1.82, 2.24) is 9.80 Å². The summed E-state index contributed by atoms with van der Waals surface area (Å²) in [5.74, 6) is 0. The minimum Gasteiger partial charge on any atom is -0.405 e. The van der Waals surface area contributed by atoms with E-state index in [1.807, 2.05) is 18.2 Å².